The van der Waals surface area contributed by atoms with E-state index in [0.29, 0.717) is 22.6 Å². The van der Waals surface area contributed by atoms with Crippen molar-refractivity contribution < 1.29 is 27.5 Å². The summed E-state index contributed by atoms with van der Waals surface area (Å²) in [4.78, 5) is 27.6. The first-order chi connectivity index (χ1) is 20.7. The maximum atomic E-state index is 14.7. The zero-order chi connectivity index (χ0) is 32.2. The van der Waals surface area contributed by atoms with Gasteiger partial charge in [0.25, 0.3) is 0 Å². The molecular weight excluding hydrogens is 574 g/mol. The van der Waals surface area contributed by atoms with Gasteiger partial charge in [-0.1, -0.05) is 65.2 Å². The van der Waals surface area contributed by atoms with Gasteiger partial charge < -0.3 is 9.47 Å². The highest BCUT2D eigenvalue weighted by Crippen LogP contribution is 2.40. The number of hydrogen-bond acceptors (Lipinski definition) is 6. The Labute approximate surface area is 260 Å². The predicted octanol–water partition coefficient (Wildman–Crippen LogP) is 7.82. The first-order valence-electron chi connectivity index (χ1n) is 14.4. The third-order valence-corrected chi connectivity index (χ3v) is 9.32. The molecule has 0 saturated carbocycles. The number of hydrogen-bond donors (Lipinski definition) is 1. The van der Waals surface area contributed by atoms with Crippen LogP contribution in [0.25, 0.3) is 0 Å². The number of rotatable bonds is 9. The highest BCUT2D eigenvalue weighted by atomic mass is 32.2. The SMILES string of the molecule is COc1ccc(C(=O)C(C(c2ccc(C)cc2)c2cc(C)ccc2NC(=O)OC(C)(C)C)S(=O)(=O)c2ccc(C)cc2)cc1. The van der Waals surface area contributed by atoms with Crippen LogP contribution in [0.1, 0.15) is 64.9 Å². The molecule has 0 aliphatic carbocycles. The molecule has 7 nitrogen and oxygen atoms in total. The minimum absolute atomic E-state index is 0.0291. The number of amides is 1. The van der Waals surface area contributed by atoms with E-state index in [1.807, 2.05) is 57.2 Å². The molecule has 8 heteroatoms. The zero-order valence-electron chi connectivity index (χ0n) is 26.2. The van der Waals surface area contributed by atoms with Crippen LogP contribution in [-0.2, 0) is 14.6 Å². The Balaban J connectivity index is 2.01. The molecule has 1 N–H and O–H groups in total. The average molecular weight is 614 g/mol. The fraction of sp³-hybridized carbons (Fsp3) is 0.278. The minimum Gasteiger partial charge on any atom is -0.497 e. The van der Waals surface area contributed by atoms with Gasteiger partial charge >= 0.3 is 6.09 Å². The lowest BCUT2D eigenvalue weighted by Gasteiger charge is -2.30. The summed E-state index contributed by atoms with van der Waals surface area (Å²) in [5, 5.41) is 1.24. The average Bonchev–Trinajstić information content (AvgIpc) is 2.96. The van der Waals surface area contributed by atoms with Gasteiger partial charge in [-0.05, 0) is 95.1 Å². The summed E-state index contributed by atoms with van der Waals surface area (Å²) in [5.74, 6) is -1.04. The van der Waals surface area contributed by atoms with Gasteiger partial charge in [0, 0.05) is 17.2 Å². The van der Waals surface area contributed by atoms with Gasteiger partial charge in [-0.2, -0.15) is 0 Å². The largest absolute Gasteiger partial charge is 0.497 e. The summed E-state index contributed by atoms with van der Waals surface area (Å²) < 4.78 is 40.2. The predicted molar refractivity (Wildman–Crippen MR) is 174 cm³/mol. The van der Waals surface area contributed by atoms with Gasteiger partial charge in [0.1, 0.15) is 16.6 Å². The maximum Gasteiger partial charge on any atom is 0.412 e. The Morgan fingerprint density at radius 1 is 0.750 bits per heavy atom. The summed E-state index contributed by atoms with van der Waals surface area (Å²) in [5.41, 5.74) is 3.59. The number of anilines is 1. The molecule has 2 unspecified atom stereocenters. The quantitative estimate of drug-likeness (QED) is 0.193. The van der Waals surface area contributed by atoms with Gasteiger partial charge in [0.05, 0.1) is 12.0 Å². The van der Waals surface area contributed by atoms with E-state index in [4.69, 9.17) is 9.47 Å². The maximum absolute atomic E-state index is 14.7. The third kappa shape index (κ3) is 7.55. The normalized spacial score (nSPS) is 13.1. The van der Waals surface area contributed by atoms with Crippen LogP contribution < -0.4 is 10.1 Å². The number of carbonyl (C=O) groups excluding carboxylic acids is 2. The van der Waals surface area contributed by atoms with E-state index in [2.05, 4.69) is 5.32 Å². The van der Waals surface area contributed by atoms with E-state index in [-0.39, 0.29) is 10.5 Å². The number of benzene rings is 4. The number of ether oxygens (including phenoxy) is 2. The first-order valence-corrected chi connectivity index (χ1v) is 15.9. The fourth-order valence-electron chi connectivity index (χ4n) is 5.02. The van der Waals surface area contributed by atoms with Crippen molar-refractivity contribution in [1.29, 1.82) is 0 Å². The number of carbonyl (C=O) groups is 2. The molecule has 0 saturated heterocycles. The molecule has 4 aromatic rings. The lowest BCUT2D eigenvalue weighted by Crippen LogP contribution is -2.38. The molecule has 4 aromatic carbocycles. The van der Waals surface area contributed by atoms with Crippen molar-refractivity contribution in [2.45, 2.75) is 63.2 Å². The Kier molecular flexibility index (Phi) is 9.64. The van der Waals surface area contributed by atoms with Crippen molar-refractivity contribution in [3.05, 3.63) is 124 Å². The van der Waals surface area contributed by atoms with Crippen LogP contribution in [0.15, 0.2) is 95.9 Å². The van der Waals surface area contributed by atoms with E-state index >= 15 is 0 Å². The lowest BCUT2D eigenvalue weighted by molar-refractivity contribution is 0.0635. The van der Waals surface area contributed by atoms with Crippen LogP contribution >= 0.6 is 0 Å². The number of nitrogens with one attached hydrogen (secondary N) is 1. The molecule has 0 radical (unpaired) electrons. The summed E-state index contributed by atoms with van der Waals surface area (Å²) in [6, 6.07) is 25.7. The van der Waals surface area contributed by atoms with E-state index in [1.165, 1.54) is 19.2 Å². The molecule has 230 valence electrons. The number of Topliss-reactive ketones (excluding diaryl/α,β-unsaturated/α-hetero) is 1. The second-order valence-corrected chi connectivity index (χ2v) is 14.0. The zero-order valence-corrected chi connectivity index (χ0v) is 27.0. The molecular formula is C36H39NO6S. The molecule has 0 heterocycles. The molecule has 2 atom stereocenters. The van der Waals surface area contributed by atoms with E-state index in [1.54, 1.807) is 63.2 Å². The Bertz CT molecular complexity index is 1740. The van der Waals surface area contributed by atoms with Gasteiger partial charge in [0.15, 0.2) is 15.6 Å². The minimum atomic E-state index is -4.30. The summed E-state index contributed by atoms with van der Waals surface area (Å²) in [6.45, 7) is 11.0. The van der Waals surface area contributed by atoms with Crippen molar-refractivity contribution in [3.63, 3.8) is 0 Å². The topological polar surface area (TPSA) is 98.8 Å². The van der Waals surface area contributed by atoms with Crippen LogP contribution in [0.4, 0.5) is 10.5 Å². The fourth-order valence-corrected chi connectivity index (χ4v) is 6.91. The van der Waals surface area contributed by atoms with Crippen LogP contribution in [0.3, 0.4) is 0 Å². The molecule has 0 aromatic heterocycles. The molecule has 0 fully saturated rings. The number of aryl methyl sites for hydroxylation is 3. The molecule has 0 aliphatic rings. The molecule has 0 spiro atoms. The summed E-state index contributed by atoms with van der Waals surface area (Å²) >= 11 is 0. The lowest BCUT2D eigenvalue weighted by atomic mass is 9.83. The van der Waals surface area contributed by atoms with Crippen LogP contribution in [-0.4, -0.2) is 38.3 Å². The second-order valence-electron chi connectivity index (χ2n) is 12.0. The van der Waals surface area contributed by atoms with E-state index in [9.17, 15) is 18.0 Å². The monoisotopic (exact) mass is 613 g/mol. The Morgan fingerprint density at radius 2 is 1.30 bits per heavy atom. The smallest absolute Gasteiger partial charge is 0.412 e. The highest BCUT2D eigenvalue weighted by Gasteiger charge is 2.43. The van der Waals surface area contributed by atoms with Gasteiger partial charge in [-0.3, -0.25) is 10.1 Å². The number of methoxy groups -OCH3 is 1. The third-order valence-electron chi connectivity index (χ3n) is 7.23. The summed E-state index contributed by atoms with van der Waals surface area (Å²) in [7, 11) is -2.78. The number of ketones is 1. The molecule has 0 bridgehead atoms. The Morgan fingerprint density at radius 3 is 1.84 bits per heavy atom. The van der Waals surface area contributed by atoms with Crippen molar-refractivity contribution >= 4 is 27.4 Å². The van der Waals surface area contributed by atoms with Crippen molar-refractivity contribution in [1.82, 2.24) is 0 Å². The first kappa shape index (κ1) is 32.5. The molecule has 44 heavy (non-hydrogen) atoms. The molecule has 4 rings (SSSR count). The highest BCUT2D eigenvalue weighted by molar-refractivity contribution is 7.93. The van der Waals surface area contributed by atoms with Crippen molar-refractivity contribution in [2.75, 3.05) is 12.4 Å². The van der Waals surface area contributed by atoms with Crippen LogP contribution in [0.2, 0.25) is 0 Å². The standard InChI is InChI=1S/C36H39NO6S/c1-23-8-13-26(14-9-23)32(30-22-25(3)12-21-31(30)37-35(39)43-36(4,5)6)34(33(38)27-15-17-28(42-7)18-16-27)44(40,41)29-19-10-24(2)11-20-29/h8-22,32,34H,1-7H3,(H,37,39). The summed E-state index contributed by atoms with van der Waals surface area (Å²) in [6.07, 6.45) is -0.690. The van der Waals surface area contributed by atoms with Crippen LogP contribution in [0.5, 0.6) is 5.75 Å². The Hall–Kier alpha value is -4.43. The van der Waals surface area contributed by atoms with Crippen molar-refractivity contribution in [3.8, 4) is 5.75 Å². The molecule has 0 aliphatic heterocycles. The van der Waals surface area contributed by atoms with Crippen molar-refractivity contribution in [2.24, 2.45) is 0 Å². The van der Waals surface area contributed by atoms with Gasteiger partial charge in [-0.25, -0.2) is 13.2 Å². The van der Waals surface area contributed by atoms with Gasteiger partial charge in [-0.15, -0.1) is 0 Å². The van der Waals surface area contributed by atoms with E-state index in [0.717, 1.165) is 16.7 Å². The molecule has 1 amide bonds. The van der Waals surface area contributed by atoms with Crippen LogP contribution in [0, 0.1) is 20.8 Å². The second kappa shape index (κ2) is 13.1. The van der Waals surface area contributed by atoms with E-state index < -0.39 is 38.5 Å². The number of sulfone groups is 1. The van der Waals surface area contributed by atoms with Gasteiger partial charge in [0.2, 0.25) is 0 Å².